The van der Waals surface area contributed by atoms with Crippen molar-refractivity contribution in [1.82, 2.24) is 9.78 Å². The highest BCUT2D eigenvalue weighted by Gasteiger charge is 2.08. The fourth-order valence-corrected chi connectivity index (χ4v) is 1.21. The number of Topliss-reactive ketones (excluding diaryl/α,β-unsaturated/α-hetero) is 1. The number of hydrogen-bond acceptors (Lipinski definition) is 4. The van der Waals surface area contributed by atoms with Crippen LogP contribution in [0.4, 0.5) is 0 Å². The van der Waals surface area contributed by atoms with Gasteiger partial charge in [0.1, 0.15) is 0 Å². The predicted molar refractivity (Wildman–Crippen MR) is 51.2 cm³/mol. The Morgan fingerprint density at radius 2 is 2.31 bits per heavy atom. The van der Waals surface area contributed by atoms with Crippen molar-refractivity contribution < 1.29 is 9.59 Å². The van der Waals surface area contributed by atoms with Gasteiger partial charge in [0, 0.05) is 6.20 Å². The summed E-state index contributed by atoms with van der Waals surface area (Å²) in [6, 6.07) is 0. The zero-order chi connectivity index (χ0) is 9.84. The first-order chi connectivity index (χ1) is 6.15. The van der Waals surface area contributed by atoms with Gasteiger partial charge in [0.2, 0.25) is 0 Å². The third-order valence-electron chi connectivity index (χ3n) is 1.51. The monoisotopic (exact) mass is 198 g/mol. The highest BCUT2D eigenvalue weighted by atomic mass is 32.2. The third kappa shape index (κ3) is 2.42. The van der Waals surface area contributed by atoms with Crippen LogP contribution >= 0.6 is 11.8 Å². The molecule has 4 nitrogen and oxygen atoms in total. The Bertz CT molecular complexity index is 333. The first-order valence-electron chi connectivity index (χ1n) is 3.73. The molecule has 0 atom stereocenters. The second kappa shape index (κ2) is 4.23. The first-order valence-corrected chi connectivity index (χ1v) is 5.12. The minimum absolute atomic E-state index is 0.0804. The van der Waals surface area contributed by atoms with Gasteiger partial charge in [0.25, 0.3) is 5.91 Å². The second-order valence-corrected chi connectivity index (χ2v) is 3.42. The highest BCUT2D eigenvalue weighted by molar-refractivity contribution is 7.99. The molecule has 0 saturated heterocycles. The molecule has 5 heteroatoms. The van der Waals surface area contributed by atoms with Crippen molar-refractivity contribution >= 4 is 23.5 Å². The van der Waals surface area contributed by atoms with Crippen LogP contribution in [-0.4, -0.2) is 33.5 Å². The maximum Gasteiger partial charge on any atom is 0.256 e. The summed E-state index contributed by atoms with van der Waals surface area (Å²) < 4.78 is 1.20. The van der Waals surface area contributed by atoms with E-state index in [9.17, 15) is 9.59 Å². The summed E-state index contributed by atoms with van der Waals surface area (Å²) in [5, 5.41) is 3.79. The fourth-order valence-electron chi connectivity index (χ4n) is 0.831. The predicted octanol–water partition coefficient (Wildman–Crippen LogP) is 1.09. The van der Waals surface area contributed by atoms with E-state index in [0.717, 1.165) is 0 Å². The van der Waals surface area contributed by atoms with E-state index in [1.54, 1.807) is 0 Å². The summed E-state index contributed by atoms with van der Waals surface area (Å²) in [6.07, 6.45) is 4.70. The van der Waals surface area contributed by atoms with Crippen LogP contribution in [0, 0.1) is 0 Å². The van der Waals surface area contributed by atoms with Gasteiger partial charge in [0.15, 0.2) is 5.78 Å². The van der Waals surface area contributed by atoms with Gasteiger partial charge in [0.05, 0.1) is 17.5 Å². The summed E-state index contributed by atoms with van der Waals surface area (Å²) >= 11 is 1.43. The zero-order valence-electron chi connectivity index (χ0n) is 7.48. The van der Waals surface area contributed by atoms with Crippen LogP contribution in [-0.2, 0) is 0 Å². The Morgan fingerprint density at radius 3 is 2.77 bits per heavy atom. The molecule has 1 rings (SSSR count). The third-order valence-corrected chi connectivity index (χ3v) is 2.05. The van der Waals surface area contributed by atoms with Crippen molar-refractivity contribution in [2.45, 2.75) is 6.92 Å². The summed E-state index contributed by atoms with van der Waals surface area (Å²) in [5.41, 5.74) is 0.467. The van der Waals surface area contributed by atoms with E-state index in [0.29, 0.717) is 11.3 Å². The maximum atomic E-state index is 11.2. The molecule has 0 fully saturated rings. The molecule has 0 aliphatic heterocycles. The van der Waals surface area contributed by atoms with Gasteiger partial charge >= 0.3 is 0 Å². The molecule has 0 spiro atoms. The fraction of sp³-hybridized carbons (Fsp3) is 0.375. The Hall–Kier alpha value is -1.10. The summed E-state index contributed by atoms with van der Waals surface area (Å²) in [5.74, 6) is 0.183. The van der Waals surface area contributed by atoms with E-state index in [1.807, 2.05) is 6.26 Å². The molecule has 1 aromatic heterocycles. The Balaban J connectivity index is 2.79. The lowest BCUT2D eigenvalue weighted by molar-refractivity contribution is 0.0926. The van der Waals surface area contributed by atoms with Crippen LogP contribution in [0.2, 0.25) is 0 Å². The highest BCUT2D eigenvalue weighted by Crippen LogP contribution is 2.00. The van der Waals surface area contributed by atoms with Crippen molar-refractivity contribution in [1.29, 1.82) is 0 Å². The molecule has 13 heavy (non-hydrogen) atoms. The molecular formula is C8H10N2O2S. The molecule has 0 aliphatic rings. The number of thioether (sulfide) groups is 1. The van der Waals surface area contributed by atoms with Crippen LogP contribution < -0.4 is 0 Å². The number of hydrogen-bond donors (Lipinski definition) is 0. The molecule has 1 aromatic rings. The normalized spacial score (nSPS) is 10.0. The van der Waals surface area contributed by atoms with E-state index in [-0.39, 0.29) is 11.7 Å². The molecule has 0 unspecified atom stereocenters. The Morgan fingerprint density at radius 1 is 1.62 bits per heavy atom. The van der Waals surface area contributed by atoms with Crippen LogP contribution in [0.1, 0.15) is 22.1 Å². The Kier molecular flexibility index (Phi) is 3.25. The number of rotatable bonds is 3. The largest absolute Gasteiger partial charge is 0.294 e. The lowest BCUT2D eigenvalue weighted by Crippen LogP contribution is -2.13. The quantitative estimate of drug-likeness (QED) is 0.682. The molecule has 0 bridgehead atoms. The minimum Gasteiger partial charge on any atom is -0.294 e. The van der Waals surface area contributed by atoms with Crippen molar-refractivity contribution in [3.05, 3.63) is 18.0 Å². The van der Waals surface area contributed by atoms with Gasteiger partial charge in [-0.3, -0.25) is 9.59 Å². The van der Waals surface area contributed by atoms with Crippen molar-refractivity contribution in [3.63, 3.8) is 0 Å². The van der Waals surface area contributed by atoms with Gasteiger partial charge in [-0.05, 0) is 13.2 Å². The van der Waals surface area contributed by atoms with E-state index in [2.05, 4.69) is 5.10 Å². The maximum absolute atomic E-state index is 11.2. The number of aromatic nitrogens is 2. The van der Waals surface area contributed by atoms with Gasteiger partial charge < -0.3 is 0 Å². The van der Waals surface area contributed by atoms with Gasteiger partial charge in [-0.25, -0.2) is 4.68 Å². The van der Waals surface area contributed by atoms with Crippen LogP contribution in [0.5, 0.6) is 0 Å². The number of nitrogens with zero attached hydrogens (tertiary/aromatic N) is 2. The SMILES string of the molecule is CSCC(=O)n1cc(C(C)=O)cn1. The number of ketones is 1. The first kappa shape index (κ1) is 9.98. The van der Waals surface area contributed by atoms with Crippen LogP contribution in [0.25, 0.3) is 0 Å². The molecule has 70 valence electrons. The van der Waals surface area contributed by atoms with Crippen LogP contribution in [0.15, 0.2) is 12.4 Å². The smallest absolute Gasteiger partial charge is 0.256 e. The lowest BCUT2D eigenvalue weighted by atomic mass is 10.3. The topological polar surface area (TPSA) is 52.0 Å². The van der Waals surface area contributed by atoms with E-state index in [4.69, 9.17) is 0 Å². The van der Waals surface area contributed by atoms with Gasteiger partial charge in [-0.1, -0.05) is 0 Å². The second-order valence-electron chi connectivity index (χ2n) is 2.56. The van der Waals surface area contributed by atoms with E-state index >= 15 is 0 Å². The average molecular weight is 198 g/mol. The standard InChI is InChI=1S/C8H10N2O2S/c1-6(11)7-3-9-10(4-7)8(12)5-13-2/h3-4H,5H2,1-2H3. The summed E-state index contributed by atoms with van der Waals surface area (Å²) in [6.45, 7) is 1.44. The van der Waals surface area contributed by atoms with Crippen LogP contribution in [0.3, 0.4) is 0 Å². The summed E-state index contributed by atoms with van der Waals surface area (Å²) in [4.78, 5) is 22.1. The molecular weight excluding hydrogens is 188 g/mol. The van der Waals surface area contributed by atoms with Crippen molar-refractivity contribution in [2.75, 3.05) is 12.0 Å². The molecule has 0 amide bonds. The minimum atomic E-state index is -0.111. The molecule has 0 N–H and O–H groups in total. The van der Waals surface area contributed by atoms with E-state index < -0.39 is 0 Å². The lowest BCUT2D eigenvalue weighted by Gasteiger charge is -1.95. The van der Waals surface area contributed by atoms with Gasteiger partial charge in [-0.2, -0.15) is 16.9 Å². The van der Waals surface area contributed by atoms with E-state index in [1.165, 1.54) is 35.8 Å². The number of carbonyl (C=O) groups is 2. The zero-order valence-corrected chi connectivity index (χ0v) is 8.30. The molecule has 0 aliphatic carbocycles. The van der Waals surface area contributed by atoms with Crippen molar-refractivity contribution in [2.24, 2.45) is 0 Å². The van der Waals surface area contributed by atoms with Crippen molar-refractivity contribution in [3.8, 4) is 0 Å². The Labute approximate surface area is 80.3 Å². The molecule has 0 saturated carbocycles. The molecule has 1 heterocycles. The summed E-state index contributed by atoms with van der Waals surface area (Å²) in [7, 11) is 0. The number of carbonyl (C=O) groups excluding carboxylic acids is 2. The molecule has 0 radical (unpaired) electrons. The molecule has 0 aromatic carbocycles. The van der Waals surface area contributed by atoms with Gasteiger partial charge in [-0.15, -0.1) is 0 Å². The average Bonchev–Trinajstić information content (AvgIpc) is 2.52.